The van der Waals surface area contributed by atoms with E-state index < -0.39 is 0 Å². The molecule has 1 heterocycles. The van der Waals surface area contributed by atoms with Crippen molar-refractivity contribution in [2.45, 2.75) is 13.0 Å². The highest BCUT2D eigenvalue weighted by Gasteiger charge is 2.21. The molecule has 0 radical (unpaired) electrons. The van der Waals surface area contributed by atoms with Crippen LogP contribution in [0.3, 0.4) is 0 Å². The molecule has 18 heavy (non-hydrogen) atoms. The van der Waals surface area contributed by atoms with Crippen molar-refractivity contribution in [3.8, 4) is 11.5 Å². The highest BCUT2D eigenvalue weighted by molar-refractivity contribution is 6.00. The van der Waals surface area contributed by atoms with Gasteiger partial charge in [0.2, 0.25) is 6.79 Å². The van der Waals surface area contributed by atoms with Gasteiger partial charge in [-0.1, -0.05) is 6.08 Å². The molecule has 1 aliphatic heterocycles. The molecule has 1 aromatic carbocycles. The van der Waals surface area contributed by atoms with Crippen molar-refractivity contribution < 1.29 is 14.3 Å². The van der Waals surface area contributed by atoms with Crippen molar-refractivity contribution in [1.82, 2.24) is 4.90 Å². The van der Waals surface area contributed by atoms with Crippen molar-refractivity contribution in [2.75, 3.05) is 20.4 Å². The maximum absolute atomic E-state index is 12.3. The molecular weight excluding hydrogens is 230 g/mol. The van der Waals surface area contributed by atoms with Crippen LogP contribution in [0.1, 0.15) is 17.3 Å². The molecule has 1 aliphatic rings. The number of ketones is 1. The summed E-state index contributed by atoms with van der Waals surface area (Å²) in [7, 11) is 1.90. The minimum atomic E-state index is -0.191. The Morgan fingerprint density at radius 2 is 2.22 bits per heavy atom. The fourth-order valence-corrected chi connectivity index (χ4v) is 1.85. The van der Waals surface area contributed by atoms with Gasteiger partial charge < -0.3 is 9.47 Å². The van der Waals surface area contributed by atoms with Crippen LogP contribution in [0.4, 0.5) is 0 Å². The second-order valence-corrected chi connectivity index (χ2v) is 4.34. The first-order chi connectivity index (χ1) is 8.63. The first kappa shape index (κ1) is 12.6. The Balaban J connectivity index is 2.16. The molecule has 1 unspecified atom stereocenters. The van der Waals surface area contributed by atoms with Crippen LogP contribution in [-0.2, 0) is 0 Å². The SMILES string of the molecule is C=CCN(C)C(C)C(=O)c1ccc2c(c1)OCO2. The topological polar surface area (TPSA) is 38.8 Å². The monoisotopic (exact) mass is 247 g/mol. The largest absolute Gasteiger partial charge is 0.454 e. The van der Waals surface area contributed by atoms with Gasteiger partial charge in [-0.25, -0.2) is 0 Å². The molecule has 0 spiro atoms. The predicted octanol–water partition coefficient (Wildman–Crippen LogP) is 2.10. The Morgan fingerprint density at radius 3 is 2.94 bits per heavy atom. The molecule has 0 fully saturated rings. The Kier molecular flexibility index (Phi) is 3.67. The maximum atomic E-state index is 12.3. The predicted molar refractivity (Wildman–Crippen MR) is 69.2 cm³/mol. The molecule has 0 saturated carbocycles. The quantitative estimate of drug-likeness (QED) is 0.590. The van der Waals surface area contributed by atoms with Gasteiger partial charge in [0.15, 0.2) is 17.3 Å². The van der Waals surface area contributed by atoms with E-state index in [0.29, 0.717) is 23.6 Å². The van der Waals surface area contributed by atoms with E-state index in [2.05, 4.69) is 6.58 Å². The number of Topliss-reactive ketones (excluding diaryl/α,β-unsaturated/α-hetero) is 1. The average molecular weight is 247 g/mol. The summed E-state index contributed by atoms with van der Waals surface area (Å²) in [6.07, 6.45) is 1.78. The van der Waals surface area contributed by atoms with Gasteiger partial charge in [-0.15, -0.1) is 6.58 Å². The summed E-state index contributed by atoms with van der Waals surface area (Å²) in [6, 6.07) is 5.09. The number of benzene rings is 1. The minimum absolute atomic E-state index is 0.0673. The zero-order chi connectivity index (χ0) is 13.1. The maximum Gasteiger partial charge on any atom is 0.231 e. The smallest absolute Gasteiger partial charge is 0.231 e. The zero-order valence-corrected chi connectivity index (χ0v) is 10.7. The van der Waals surface area contributed by atoms with Crippen LogP contribution in [0, 0.1) is 0 Å². The Hall–Kier alpha value is -1.81. The van der Waals surface area contributed by atoms with Crippen LogP contribution in [0.25, 0.3) is 0 Å². The van der Waals surface area contributed by atoms with Gasteiger partial charge in [-0.05, 0) is 32.2 Å². The van der Waals surface area contributed by atoms with E-state index in [1.165, 1.54) is 0 Å². The number of ether oxygens (including phenoxy) is 2. The van der Waals surface area contributed by atoms with Gasteiger partial charge in [0.25, 0.3) is 0 Å². The van der Waals surface area contributed by atoms with Crippen LogP contribution < -0.4 is 9.47 Å². The summed E-state index contributed by atoms with van der Waals surface area (Å²) < 4.78 is 10.5. The first-order valence-corrected chi connectivity index (χ1v) is 5.88. The van der Waals surface area contributed by atoms with E-state index in [4.69, 9.17) is 9.47 Å². The summed E-state index contributed by atoms with van der Waals surface area (Å²) in [5, 5.41) is 0. The van der Waals surface area contributed by atoms with Crippen molar-refractivity contribution in [3.05, 3.63) is 36.4 Å². The lowest BCUT2D eigenvalue weighted by Gasteiger charge is -2.22. The highest BCUT2D eigenvalue weighted by Crippen LogP contribution is 2.32. The molecule has 0 amide bonds. The van der Waals surface area contributed by atoms with Crippen molar-refractivity contribution in [3.63, 3.8) is 0 Å². The van der Waals surface area contributed by atoms with Crippen LogP contribution in [0.5, 0.6) is 11.5 Å². The number of carbonyl (C=O) groups is 1. The molecule has 1 atom stereocenters. The van der Waals surface area contributed by atoms with Crippen LogP contribution >= 0.6 is 0 Å². The lowest BCUT2D eigenvalue weighted by molar-refractivity contribution is 0.0879. The fraction of sp³-hybridized carbons (Fsp3) is 0.357. The van der Waals surface area contributed by atoms with Crippen molar-refractivity contribution in [1.29, 1.82) is 0 Å². The number of likely N-dealkylation sites (N-methyl/N-ethyl adjacent to an activating group) is 1. The highest BCUT2D eigenvalue weighted by atomic mass is 16.7. The standard InChI is InChI=1S/C14H17NO3/c1-4-7-15(3)10(2)14(16)11-5-6-12-13(8-11)18-9-17-12/h4-6,8,10H,1,7,9H2,2-3H3. The summed E-state index contributed by atoms with van der Waals surface area (Å²) in [6.45, 7) is 6.46. The molecule has 0 N–H and O–H groups in total. The van der Waals surface area contributed by atoms with Crippen molar-refractivity contribution in [2.24, 2.45) is 0 Å². The number of fused-ring (bicyclic) bond motifs is 1. The number of hydrogen-bond donors (Lipinski definition) is 0. The Morgan fingerprint density at radius 1 is 1.50 bits per heavy atom. The third-order valence-electron chi connectivity index (χ3n) is 3.11. The van der Waals surface area contributed by atoms with Crippen LogP contribution in [-0.4, -0.2) is 37.1 Å². The number of nitrogens with zero attached hydrogens (tertiary/aromatic N) is 1. The lowest BCUT2D eigenvalue weighted by Crippen LogP contribution is -2.36. The van der Waals surface area contributed by atoms with E-state index >= 15 is 0 Å². The Labute approximate surface area is 107 Å². The van der Waals surface area contributed by atoms with Gasteiger partial charge in [0.05, 0.1) is 6.04 Å². The summed E-state index contributed by atoms with van der Waals surface area (Å²) in [5.74, 6) is 1.40. The van der Waals surface area contributed by atoms with Gasteiger partial charge >= 0.3 is 0 Å². The molecular formula is C14H17NO3. The summed E-state index contributed by atoms with van der Waals surface area (Å²) in [5.41, 5.74) is 0.641. The molecule has 96 valence electrons. The van der Waals surface area contributed by atoms with Gasteiger partial charge in [-0.2, -0.15) is 0 Å². The second-order valence-electron chi connectivity index (χ2n) is 4.34. The fourth-order valence-electron chi connectivity index (χ4n) is 1.85. The van der Waals surface area contributed by atoms with E-state index in [0.717, 1.165) is 0 Å². The van der Waals surface area contributed by atoms with Crippen LogP contribution in [0.2, 0.25) is 0 Å². The van der Waals surface area contributed by atoms with Gasteiger partial charge in [-0.3, -0.25) is 9.69 Å². The van der Waals surface area contributed by atoms with E-state index in [9.17, 15) is 4.79 Å². The molecule has 4 heteroatoms. The van der Waals surface area contributed by atoms with E-state index in [1.54, 1.807) is 24.3 Å². The van der Waals surface area contributed by atoms with Crippen molar-refractivity contribution >= 4 is 5.78 Å². The third-order valence-corrected chi connectivity index (χ3v) is 3.11. The molecule has 0 bridgehead atoms. The summed E-state index contributed by atoms with van der Waals surface area (Å²) >= 11 is 0. The number of rotatable bonds is 5. The molecule has 2 rings (SSSR count). The minimum Gasteiger partial charge on any atom is -0.454 e. The van der Waals surface area contributed by atoms with Crippen LogP contribution in [0.15, 0.2) is 30.9 Å². The number of hydrogen-bond acceptors (Lipinski definition) is 4. The molecule has 4 nitrogen and oxygen atoms in total. The lowest BCUT2D eigenvalue weighted by atomic mass is 10.0. The first-order valence-electron chi connectivity index (χ1n) is 5.88. The molecule has 0 aromatic heterocycles. The Bertz CT molecular complexity index is 470. The second kappa shape index (κ2) is 5.23. The number of carbonyl (C=O) groups excluding carboxylic acids is 1. The van der Waals surface area contributed by atoms with Gasteiger partial charge in [0.1, 0.15) is 0 Å². The molecule has 0 aliphatic carbocycles. The normalized spacial score (nSPS) is 14.6. The van der Waals surface area contributed by atoms with E-state index in [1.807, 2.05) is 18.9 Å². The average Bonchev–Trinajstić information content (AvgIpc) is 2.84. The molecule has 1 aromatic rings. The van der Waals surface area contributed by atoms with Gasteiger partial charge in [0, 0.05) is 12.1 Å². The molecule has 0 saturated heterocycles. The third kappa shape index (κ3) is 2.38. The zero-order valence-electron chi connectivity index (χ0n) is 10.7. The summed E-state index contributed by atoms with van der Waals surface area (Å²) in [4.78, 5) is 14.2. The van der Waals surface area contributed by atoms with E-state index in [-0.39, 0.29) is 18.6 Å².